The number of aromatic nitrogens is 2. The molecule has 0 bridgehead atoms. The molecule has 1 aromatic heterocycles. The van der Waals surface area contributed by atoms with Crippen molar-refractivity contribution in [2.75, 3.05) is 0 Å². The van der Waals surface area contributed by atoms with Gasteiger partial charge in [-0.15, -0.1) is 0 Å². The van der Waals surface area contributed by atoms with Crippen LogP contribution in [-0.4, -0.2) is 9.97 Å². The van der Waals surface area contributed by atoms with Gasteiger partial charge >= 0.3 is 0 Å². The lowest BCUT2D eigenvalue weighted by Gasteiger charge is -2.08. The number of aromatic amines is 1. The summed E-state index contributed by atoms with van der Waals surface area (Å²) in [5.41, 5.74) is 0.966. The largest absolute Gasteiger partial charge is 0.343 e. The van der Waals surface area contributed by atoms with E-state index in [0.29, 0.717) is 16.3 Å². The number of halogens is 2. The van der Waals surface area contributed by atoms with Gasteiger partial charge in [0.25, 0.3) is 0 Å². The van der Waals surface area contributed by atoms with Gasteiger partial charge in [0.2, 0.25) is 0 Å². The lowest BCUT2D eigenvalue weighted by atomic mass is 10.1. The molecule has 0 radical (unpaired) electrons. The molecule has 1 heterocycles. The van der Waals surface area contributed by atoms with Gasteiger partial charge in [-0.2, -0.15) is 0 Å². The van der Waals surface area contributed by atoms with Crippen molar-refractivity contribution in [3.8, 4) is 11.3 Å². The molecule has 0 unspecified atom stereocenters. The number of nitrogens with zero attached hydrogens (tertiary/aromatic N) is 1. The molecule has 3 rings (SSSR count). The van der Waals surface area contributed by atoms with Crippen LogP contribution in [0.5, 0.6) is 0 Å². The van der Waals surface area contributed by atoms with Crippen molar-refractivity contribution in [1.29, 1.82) is 0 Å². The third-order valence-electron chi connectivity index (χ3n) is 3.29. The minimum atomic E-state index is -0.849. The topological polar surface area (TPSA) is 28.7 Å². The summed E-state index contributed by atoms with van der Waals surface area (Å²) in [5.74, 6) is -0.525. The lowest BCUT2D eigenvalue weighted by Crippen LogP contribution is -1.99. The number of aryl methyl sites for hydroxylation is 1. The number of rotatable bonds is 2. The minimum Gasteiger partial charge on any atom is -0.343 e. The molecule has 0 saturated heterocycles. The van der Waals surface area contributed by atoms with Crippen LogP contribution in [0.1, 0.15) is 30.1 Å². The molecule has 1 aromatic carbocycles. The number of hydrogen-bond acceptors (Lipinski definition) is 2. The van der Waals surface area contributed by atoms with Crippen LogP contribution in [-0.2, 0) is 0 Å². The zero-order chi connectivity index (χ0) is 13.6. The maximum atomic E-state index is 14.0. The Morgan fingerprint density at radius 1 is 1.26 bits per heavy atom. The van der Waals surface area contributed by atoms with E-state index in [2.05, 4.69) is 9.97 Å². The van der Waals surface area contributed by atoms with Crippen molar-refractivity contribution in [2.24, 2.45) is 0 Å². The van der Waals surface area contributed by atoms with E-state index in [1.165, 1.54) is 6.92 Å². The maximum Gasteiger partial charge on any atom is 0.168 e. The second-order valence-corrected chi connectivity index (χ2v) is 5.27. The van der Waals surface area contributed by atoms with E-state index in [-0.39, 0.29) is 11.1 Å². The number of H-pyrrole nitrogens is 1. The van der Waals surface area contributed by atoms with E-state index in [0.717, 1.165) is 18.7 Å². The van der Waals surface area contributed by atoms with Crippen LogP contribution in [0.4, 0.5) is 8.78 Å². The Labute approximate surface area is 114 Å². The summed E-state index contributed by atoms with van der Waals surface area (Å²) in [6.07, 6.45) is 2.12. The molecule has 1 fully saturated rings. The minimum absolute atomic E-state index is 0.193. The fourth-order valence-electron chi connectivity index (χ4n) is 2.03. The first kappa shape index (κ1) is 12.4. The smallest absolute Gasteiger partial charge is 0.168 e. The standard InChI is InChI=1S/C14H12F2N2S/c1-7-2-5-9(13(16)12(7)15)10-6-11(19)18-14(17-10)8-3-4-8/h2,5-6,8H,3-4H2,1H3,(H,17,18,19). The predicted molar refractivity (Wildman–Crippen MR) is 71.5 cm³/mol. The van der Waals surface area contributed by atoms with Crippen LogP contribution in [0.15, 0.2) is 18.2 Å². The summed E-state index contributed by atoms with van der Waals surface area (Å²) >= 11 is 5.09. The third kappa shape index (κ3) is 2.30. The molecule has 1 aliphatic carbocycles. The molecule has 0 spiro atoms. The number of benzene rings is 1. The van der Waals surface area contributed by atoms with Gasteiger partial charge < -0.3 is 4.98 Å². The van der Waals surface area contributed by atoms with Crippen LogP contribution in [0.2, 0.25) is 0 Å². The summed E-state index contributed by atoms with van der Waals surface area (Å²) in [4.78, 5) is 7.30. The molecule has 2 nitrogen and oxygen atoms in total. The van der Waals surface area contributed by atoms with Crippen LogP contribution < -0.4 is 0 Å². The SMILES string of the molecule is Cc1ccc(-c2cc(=S)nc(C3CC3)[nH]2)c(F)c1F. The molecular weight excluding hydrogens is 266 g/mol. The molecule has 1 aliphatic rings. The molecule has 5 heteroatoms. The summed E-state index contributed by atoms with van der Waals surface area (Å²) in [6, 6.07) is 4.68. The van der Waals surface area contributed by atoms with Gasteiger partial charge in [-0.1, -0.05) is 18.3 Å². The summed E-state index contributed by atoms with van der Waals surface area (Å²) in [5, 5.41) is 0. The Morgan fingerprint density at radius 2 is 2.00 bits per heavy atom. The predicted octanol–water partition coefficient (Wildman–Crippen LogP) is 4.27. The Hall–Kier alpha value is -1.62. The highest BCUT2D eigenvalue weighted by molar-refractivity contribution is 7.71. The highest BCUT2D eigenvalue weighted by Crippen LogP contribution is 2.38. The first-order chi connectivity index (χ1) is 9.06. The molecule has 0 atom stereocenters. The van der Waals surface area contributed by atoms with Crippen molar-refractivity contribution in [3.05, 3.63) is 45.9 Å². The van der Waals surface area contributed by atoms with E-state index >= 15 is 0 Å². The van der Waals surface area contributed by atoms with Crippen LogP contribution in [0.25, 0.3) is 11.3 Å². The molecule has 1 saturated carbocycles. The maximum absolute atomic E-state index is 14.0. The second-order valence-electron chi connectivity index (χ2n) is 4.85. The molecule has 0 aliphatic heterocycles. The van der Waals surface area contributed by atoms with Gasteiger partial charge in [0.05, 0.1) is 5.69 Å². The van der Waals surface area contributed by atoms with Crippen LogP contribution >= 0.6 is 12.2 Å². The lowest BCUT2D eigenvalue weighted by molar-refractivity contribution is 0.505. The molecule has 0 amide bonds. The quantitative estimate of drug-likeness (QED) is 0.831. The molecular formula is C14H12F2N2S. The number of hydrogen-bond donors (Lipinski definition) is 1. The first-order valence-corrected chi connectivity index (χ1v) is 6.53. The van der Waals surface area contributed by atoms with E-state index in [1.54, 1.807) is 18.2 Å². The fraction of sp³-hybridized carbons (Fsp3) is 0.286. The fourth-order valence-corrected chi connectivity index (χ4v) is 2.24. The molecule has 19 heavy (non-hydrogen) atoms. The van der Waals surface area contributed by atoms with Crippen molar-refractivity contribution >= 4 is 12.2 Å². The van der Waals surface area contributed by atoms with E-state index in [1.807, 2.05) is 0 Å². The Morgan fingerprint density at radius 3 is 2.68 bits per heavy atom. The van der Waals surface area contributed by atoms with E-state index in [9.17, 15) is 8.78 Å². The van der Waals surface area contributed by atoms with Crippen LogP contribution in [0, 0.1) is 23.2 Å². The summed E-state index contributed by atoms with van der Waals surface area (Å²) in [7, 11) is 0. The van der Waals surface area contributed by atoms with Gasteiger partial charge in [0, 0.05) is 11.5 Å². The Kier molecular flexibility index (Phi) is 2.93. The van der Waals surface area contributed by atoms with E-state index in [4.69, 9.17) is 12.2 Å². The number of nitrogens with one attached hydrogen (secondary N) is 1. The van der Waals surface area contributed by atoms with Crippen molar-refractivity contribution < 1.29 is 8.78 Å². The first-order valence-electron chi connectivity index (χ1n) is 6.12. The highest BCUT2D eigenvalue weighted by Gasteiger charge is 2.26. The molecule has 2 aromatic rings. The zero-order valence-corrected chi connectivity index (χ0v) is 11.2. The van der Waals surface area contributed by atoms with Crippen molar-refractivity contribution in [2.45, 2.75) is 25.7 Å². The summed E-state index contributed by atoms with van der Waals surface area (Å²) < 4.78 is 28.0. The average molecular weight is 278 g/mol. The van der Waals surface area contributed by atoms with E-state index < -0.39 is 11.6 Å². The van der Waals surface area contributed by atoms with Crippen molar-refractivity contribution in [3.63, 3.8) is 0 Å². The third-order valence-corrected chi connectivity index (χ3v) is 3.50. The monoisotopic (exact) mass is 278 g/mol. The van der Waals surface area contributed by atoms with Gasteiger partial charge in [-0.25, -0.2) is 13.8 Å². The van der Waals surface area contributed by atoms with Gasteiger partial charge in [0.15, 0.2) is 11.6 Å². The summed E-state index contributed by atoms with van der Waals surface area (Å²) in [6.45, 7) is 1.53. The normalized spacial score (nSPS) is 14.7. The Balaban J connectivity index is 2.16. The van der Waals surface area contributed by atoms with Crippen LogP contribution in [0.3, 0.4) is 0 Å². The average Bonchev–Trinajstić information content (AvgIpc) is 3.19. The van der Waals surface area contributed by atoms with Gasteiger partial charge in [-0.3, -0.25) is 0 Å². The molecule has 1 N–H and O–H groups in total. The Bertz CT molecular complexity index is 705. The van der Waals surface area contributed by atoms with Gasteiger partial charge in [0.1, 0.15) is 10.5 Å². The second kappa shape index (κ2) is 4.49. The molecule has 98 valence electrons. The van der Waals surface area contributed by atoms with Crippen molar-refractivity contribution in [1.82, 2.24) is 9.97 Å². The highest BCUT2D eigenvalue weighted by atomic mass is 32.1. The zero-order valence-electron chi connectivity index (χ0n) is 10.3. The van der Waals surface area contributed by atoms with Gasteiger partial charge in [-0.05, 0) is 37.5 Å².